The van der Waals surface area contributed by atoms with E-state index in [0.29, 0.717) is 12.5 Å². The lowest BCUT2D eigenvalue weighted by atomic mass is 9.91. The van der Waals surface area contributed by atoms with Crippen molar-refractivity contribution in [3.8, 4) is 0 Å². The number of hydrogen-bond donors (Lipinski definition) is 2. The van der Waals surface area contributed by atoms with E-state index in [1.54, 1.807) is 10.9 Å². The highest BCUT2D eigenvalue weighted by molar-refractivity contribution is 5.11. The summed E-state index contributed by atoms with van der Waals surface area (Å²) in [6.45, 7) is 3.35. The molecule has 3 rings (SSSR count). The topological polar surface area (TPSA) is 70.0 Å². The van der Waals surface area contributed by atoms with Crippen LogP contribution in [0.15, 0.2) is 30.9 Å². The third kappa shape index (κ3) is 3.26. The summed E-state index contributed by atoms with van der Waals surface area (Å²) in [5, 5.41) is 21.1. The van der Waals surface area contributed by atoms with Crippen molar-refractivity contribution < 1.29 is 5.11 Å². The van der Waals surface area contributed by atoms with Crippen LogP contribution in [-0.2, 0) is 6.54 Å². The van der Waals surface area contributed by atoms with E-state index in [-0.39, 0.29) is 6.10 Å². The van der Waals surface area contributed by atoms with E-state index in [1.807, 2.05) is 24.7 Å². The Morgan fingerprint density at radius 3 is 2.85 bits per heavy atom. The van der Waals surface area contributed by atoms with E-state index in [1.165, 1.54) is 5.56 Å². The number of H-pyrrole nitrogens is 1. The Kier molecular flexibility index (Phi) is 4.13. The molecule has 2 N–H and O–H groups in total. The van der Waals surface area contributed by atoms with Gasteiger partial charge < -0.3 is 10.0 Å². The summed E-state index contributed by atoms with van der Waals surface area (Å²) in [5.74, 6) is 0.605. The molecule has 0 amide bonds. The Hall–Kier alpha value is -1.66. The maximum Gasteiger partial charge on any atom is 0.0862 e. The molecule has 6 nitrogen and oxygen atoms in total. The molecule has 2 aromatic rings. The summed E-state index contributed by atoms with van der Waals surface area (Å²) >= 11 is 0. The largest absolute Gasteiger partial charge is 0.390 e. The summed E-state index contributed by atoms with van der Waals surface area (Å²) in [6, 6.07) is 1.88. The first-order valence-electron chi connectivity index (χ1n) is 7.18. The molecule has 2 aromatic heterocycles. The zero-order valence-electron chi connectivity index (χ0n) is 11.5. The molecule has 0 aliphatic carbocycles. The zero-order chi connectivity index (χ0) is 13.8. The summed E-state index contributed by atoms with van der Waals surface area (Å²) in [5.41, 5.74) is 1.31. The fourth-order valence-electron chi connectivity index (χ4n) is 2.91. The number of nitrogens with one attached hydrogen (secondary N) is 1. The van der Waals surface area contributed by atoms with Crippen LogP contribution in [0.3, 0.4) is 0 Å². The van der Waals surface area contributed by atoms with Crippen molar-refractivity contribution in [2.45, 2.75) is 31.4 Å². The van der Waals surface area contributed by atoms with Gasteiger partial charge in [-0.05, 0) is 43.5 Å². The van der Waals surface area contributed by atoms with Crippen LogP contribution >= 0.6 is 0 Å². The van der Waals surface area contributed by atoms with Crippen molar-refractivity contribution in [2.24, 2.45) is 0 Å². The van der Waals surface area contributed by atoms with Crippen molar-refractivity contribution in [3.05, 3.63) is 36.4 Å². The van der Waals surface area contributed by atoms with Gasteiger partial charge in [0.1, 0.15) is 0 Å². The molecule has 6 heteroatoms. The molecular formula is C14H21N5O. The van der Waals surface area contributed by atoms with Gasteiger partial charge in [-0.3, -0.25) is 9.78 Å². The molecule has 20 heavy (non-hydrogen) atoms. The summed E-state index contributed by atoms with van der Waals surface area (Å²) < 4.78 is 1.78. The molecule has 0 radical (unpaired) electrons. The lowest BCUT2D eigenvalue weighted by Gasteiger charge is -2.32. The second-order valence-corrected chi connectivity index (χ2v) is 5.49. The third-order valence-electron chi connectivity index (χ3n) is 4.00. The Labute approximate surface area is 118 Å². The summed E-state index contributed by atoms with van der Waals surface area (Å²) in [7, 11) is 0. The van der Waals surface area contributed by atoms with Gasteiger partial charge in [-0.15, -0.1) is 0 Å². The average Bonchev–Trinajstić information content (AvgIpc) is 3.12. The predicted molar refractivity (Wildman–Crippen MR) is 75.2 cm³/mol. The van der Waals surface area contributed by atoms with Crippen molar-refractivity contribution in [1.29, 1.82) is 0 Å². The number of β-amino-alcohol motifs (C(OH)–C–C–N with tert-alkyl or cyclic N) is 1. The zero-order valence-corrected chi connectivity index (χ0v) is 11.5. The van der Waals surface area contributed by atoms with Gasteiger partial charge in [-0.2, -0.15) is 10.2 Å². The van der Waals surface area contributed by atoms with Gasteiger partial charge in [0.05, 0.1) is 18.8 Å². The van der Waals surface area contributed by atoms with E-state index in [2.05, 4.69) is 20.2 Å². The van der Waals surface area contributed by atoms with E-state index in [4.69, 9.17) is 0 Å². The summed E-state index contributed by atoms with van der Waals surface area (Å²) in [4.78, 5) is 2.34. The molecule has 1 atom stereocenters. The number of likely N-dealkylation sites (tertiary alicyclic amines) is 1. The van der Waals surface area contributed by atoms with Crippen LogP contribution in [0.1, 0.15) is 24.3 Å². The Morgan fingerprint density at radius 2 is 2.20 bits per heavy atom. The Balaban J connectivity index is 1.44. The highest BCUT2D eigenvalue weighted by atomic mass is 16.3. The maximum absolute atomic E-state index is 10.1. The van der Waals surface area contributed by atoms with Crippen LogP contribution in [0.25, 0.3) is 0 Å². The smallest absolute Gasteiger partial charge is 0.0862 e. The number of rotatable bonds is 5. The van der Waals surface area contributed by atoms with Crippen LogP contribution < -0.4 is 0 Å². The summed E-state index contributed by atoms with van der Waals surface area (Å²) in [6.07, 6.45) is 9.44. The minimum Gasteiger partial charge on any atom is -0.390 e. The van der Waals surface area contributed by atoms with Gasteiger partial charge in [-0.1, -0.05) is 0 Å². The first-order valence-corrected chi connectivity index (χ1v) is 7.18. The fraction of sp³-hybridized carbons (Fsp3) is 0.571. The van der Waals surface area contributed by atoms with Crippen LogP contribution in [0, 0.1) is 0 Å². The van der Waals surface area contributed by atoms with Gasteiger partial charge in [0.25, 0.3) is 0 Å². The number of piperidine rings is 1. The minimum atomic E-state index is -0.361. The normalized spacial score (nSPS) is 19.2. The number of aromatic nitrogens is 4. The molecule has 3 heterocycles. The van der Waals surface area contributed by atoms with Crippen molar-refractivity contribution in [1.82, 2.24) is 24.9 Å². The molecule has 0 saturated carbocycles. The number of nitrogens with zero attached hydrogens (tertiary/aromatic N) is 4. The third-order valence-corrected chi connectivity index (χ3v) is 4.00. The maximum atomic E-state index is 10.1. The van der Waals surface area contributed by atoms with Gasteiger partial charge in [0, 0.05) is 25.1 Å². The highest BCUT2D eigenvalue weighted by Gasteiger charge is 2.22. The van der Waals surface area contributed by atoms with E-state index in [0.717, 1.165) is 32.5 Å². The number of aliphatic hydroxyl groups excluding tert-OH is 1. The van der Waals surface area contributed by atoms with Gasteiger partial charge in [-0.25, -0.2) is 0 Å². The van der Waals surface area contributed by atoms with Crippen LogP contribution in [0.5, 0.6) is 0 Å². The van der Waals surface area contributed by atoms with Crippen molar-refractivity contribution in [3.63, 3.8) is 0 Å². The molecule has 1 aliphatic rings. The van der Waals surface area contributed by atoms with E-state index >= 15 is 0 Å². The number of aliphatic hydroxyl groups is 1. The molecule has 1 unspecified atom stereocenters. The number of hydrogen-bond acceptors (Lipinski definition) is 4. The Morgan fingerprint density at radius 1 is 1.35 bits per heavy atom. The predicted octanol–water partition coefficient (Wildman–Crippen LogP) is 0.847. The molecule has 0 bridgehead atoms. The SMILES string of the molecule is OC(CN1CCC(c2cn[nH]c2)CC1)Cn1cccn1. The molecular weight excluding hydrogens is 254 g/mol. The quantitative estimate of drug-likeness (QED) is 0.848. The molecule has 0 spiro atoms. The first-order chi connectivity index (χ1) is 9.81. The molecule has 1 saturated heterocycles. The van der Waals surface area contributed by atoms with Gasteiger partial charge in [0.15, 0.2) is 0 Å². The second kappa shape index (κ2) is 6.19. The number of aromatic amines is 1. The van der Waals surface area contributed by atoms with Crippen LogP contribution in [-0.4, -0.2) is 55.7 Å². The lowest BCUT2D eigenvalue weighted by molar-refractivity contribution is 0.0823. The molecule has 0 aromatic carbocycles. The Bertz CT molecular complexity index is 488. The lowest BCUT2D eigenvalue weighted by Crippen LogP contribution is -2.39. The fourth-order valence-corrected chi connectivity index (χ4v) is 2.91. The van der Waals surface area contributed by atoms with Crippen LogP contribution in [0.4, 0.5) is 0 Å². The van der Waals surface area contributed by atoms with Gasteiger partial charge in [0.2, 0.25) is 0 Å². The minimum absolute atomic E-state index is 0.361. The van der Waals surface area contributed by atoms with E-state index < -0.39 is 0 Å². The highest BCUT2D eigenvalue weighted by Crippen LogP contribution is 2.27. The average molecular weight is 275 g/mol. The van der Waals surface area contributed by atoms with Crippen molar-refractivity contribution >= 4 is 0 Å². The van der Waals surface area contributed by atoms with E-state index in [9.17, 15) is 5.11 Å². The van der Waals surface area contributed by atoms with Gasteiger partial charge >= 0.3 is 0 Å². The standard InChI is InChI=1S/C14H21N5O/c20-14(11-19-5-1-4-17-19)10-18-6-2-12(3-7-18)13-8-15-16-9-13/h1,4-5,8-9,12,14,20H,2-3,6-7,10-11H2,(H,15,16). The van der Waals surface area contributed by atoms with Crippen LogP contribution in [0.2, 0.25) is 0 Å². The first kappa shape index (κ1) is 13.3. The molecule has 1 aliphatic heterocycles. The molecule has 1 fully saturated rings. The van der Waals surface area contributed by atoms with Crippen molar-refractivity contribution in [2.75, 3.05) is 19.6 Å². The second-order valence-electron chi connectivity index (χ2n) is 5.49. The monoisotopic (exact) mass is 275 g/mol. The molecule has 108 valence electrons.